The molecule has 3 amide bonds. The van der Waals surface area contributed by atoms with E-state index in [4.69, 9.17) is 23.1 Å². The third kappa shape index (κ3) is 8.59. The number of fused-ring (bicyclic) bond motifs is 5. The van der Waals surface area contributed by atoms with Crippen molar-refractivity contribution in [3.8, 4) is 11.3 Å². The van der Waals surface area contributed by atoms with Gasteiger partial charge >= 0.3 is 0 Å². The lowest BCUT2D eigenvalue weighted by Crippen LogP contribution is -2.57. The predicted octanol–water partition coefficient (Wildman–Crippen LogP) is 3.39. The van der Waals surface area contributed by atoms with Crippen LogP contribution in [-0.2, 0) is 33.9 Å². The number of nitrogens with zero attached hydrogens (tertiary/aromatic N) is 2. The number of rotatable bonds is 9. The number of amides is 3. The molecule has 0 fully saturated rings. The molecule has 0 spiro atoms. The first-order chi connectivity index (χ1) is 23.3. The number of carbonyl (C=O) groups is 3. The minimum absolute atomic E-state index is 0.170. The first-order valence-electron chi connectivity index (χ1n) is 16.6. The van der Waals surface area contributed by atoms with E-state index in [1.807, 2.05) is 54.7 Å². The lowest BCUT2D eigenvalue weighted by Gasteiger charge is -2.32. The summed E-state index contributed by atoms with van der Waals surface area (Å²) in [5, 5.41) is 11.0. The minimum Gasteiger partial charge on any atom is -0.361 e. The van der Waals surface area contributed by atoms with Gasteiger partial charge in [0.25, 0.3) is 0 Å². The summed E-state index contributed by atoms with van der Waals surface area (Å²) in [6.07, 6.45) is 6.70. The van der Waals surface area contributed by atoms with Gasteiger partial charge in [-0.15, -0.1) is 0 Å². The summed E-state index contributed by atoms with van der Waals surface area (Å²) >= 11 is 6.43. The number of H-pyrrole nitrogens is 1. The van der Waals surface area contributed by atoms with Crippen molar-refractivity contribution in [2.75, 3.05) is 20.1 Å². The van der Waals surface area contributed by atoms with Gasteiger partial charge in [-0.05, 0) is 92.2 Å². The van der Waals surface area contributed by atoms with E-state index in [2.05, 4.69) is 25.9 Å². The molecule has 0 saturated carbocycles. The summed E-state index contributed by atoms with van der Waals surface area (Å²) in [6.45, 7) is 1.46. The quantitative estimate of drug-likeness (QED) is 0.148. The summed E-state index contributed by atoms with van der Waals surface area (Å²) in [7, 11) is 1.63. The molecular weight excluding hydrogens is 628 g/mol. The third-order valence-corrected chi connectivity index (χ3v) is 9.19. The molecule has 11 nitrogen and oxygen atoms in total. The normalized spacial score (nSPS) is 19.5. The van der Waals surface area contributed by atoms with Crippen LogP contribution in [0.15, 0.2) is 67.0 Å². The average Bonchev–Trinajstić information content (AvgIpc) is 3.51. The zero-order chi connectivity index (χ0) is 34.0. The Kier molecular flexibility index (Phi) is 12.2. The van der Waals surface area contributed by atoms with Crippen molar-refractivity contribution in [3.63, 3.8) is 0 Å². The van der Waals surface area contributed by atoms with Crippen LogP contribution in [0.4, 0.5) is 0 Å². The van der Waals surface area contributed by atoms with Gasteiger partial charge in [0.15, 0.2) is 0 Å². The summed E-state index contributed by atoms with van der Waals surface area (Å²) in [5.41, 5.74) is 16.7. The number of hydrogen-bond donors (Lipinski definition) is 6. The Morgan fingerprint density at radius 2 is 1.71 bits per heavy atom. The fraction of sp³-hybridized carbons (Fsp3) is 0.389. The molecule has 2 aromatic carbocycles. The molecule has 3 unspecified atom stereocenters. The number of benzene rings is 2. The van der Waals surface area contributed by atoms with Crippen molar-refractivity contribution < 1.29 is 14.4 Å². The van der Waals surface area contributed by atoms with E-state index in [0.29, 0.717) is 62.5 Å². The average molecular weight is 673 g/mol. The van der Waals surface area contributed by atoms with E-state index in [1.54, 1.807) is 19.3 Å². The fourth-order valence-electron chi connectivity index (χ4n) is 6.22. The van der Waals surface area contributed by atoms with Crippen molar-refractivity contribution in [1.29, 1.82) is 0 Å². The zero-order valence-electron chi connectivity index (χ0n) is 27.3. The molecule has 2 aromatic heterocycles. The number of halogens is 1. The number of aromatic amines is 1. The number of unbranched alkanes of at least 4 members (excludes halogenated alkanes) is 1. The Hall–Kier alpha value is -4.29. The number of nitrogens with one attached hydrogen (secondary N) is 4. The molecule has 254 valence electrons. The second-order valence-electron chi connectivity index (χ2n) is 12.3. The number of nitrogens with two attached hydrogens (primary N) is 2. The number of para-hydroxylation sites is 1. The minimum atomic E-state index is -0.878. The topological polar surface area (TPSA) is 171 Å². The number of carbonyl (C=O) groups excluding carboxylic acids is 3. The second-order valence-corrected chi connectivity index (χ2v) is 12.7. The molecule has 4 aromatic rings. The van der Waals surface area contributed by atoms with Crippen molar-refractivity contribution in [2.24, 2.45) is 11.5 Å². The van der Waals surface area contributed by atoms with Gasteiger partial charge in [0.2, 0.25) is 17.7 Å². The van der Waals surface area contributed by atoms with Gasteiger partial charge in [0.1, 0.15) is 12.1 Å². The summed E-state index contributed by atoms with van der Waals surface area (Å²) in [6, 6.07) is 14.9. The van der Waals surface area contributed by atoms with Crippen LogP contribution >= 0.6 is 11.6 Å². The summed E-state index contributed by atoms with van der Waals surface area (Å²) in [5.74, 6) is -0.969. The molecule has 0 radical (unpaired) electrons. The molecule has 5 rings (SSSR count). The standard InChI is InChI=1S/C36H45ClN8O3/c1-45-33(19-25-21-42-29-8-3-2-7-27(25)29)35(47)43-22-24-18-26(37)11-12-28(24)32-17-23(13-16-40-32)20-41-30(10-6-15-39)34(46)44-31(36(45)48)9-4-5-14-38/h2-3,7-8,11-13,16-18,21,30-31,33,41-42H,4-6,9-10,14-15,19-20,22,38-39H2,1H3,(H,43,47)(H,44,46). The van der Waals surface area contributed by atoms with Gasteiger partial charge in [-0.25, -0.2) is 0 Å². The molecule has 3 heterocycles. The smallest absolute Gasteiger partial charge is 0.245 e. The van der Waals surface area contributed by atoms with Gasteiger partial charge in [0.05, 0.1) is 11.7 Å². The Morgan fingerprint density at radius 1 is 0.917 bits per heavy atom. The van der Waals surface area contributed by atoms with Crippen molar-refractivity contribution in [3.05, 3.63) is 88.7 Å². The van der Waals surface area contributed by atoms with Crippen LogP contribution in [-0.4, -0.2) is 70.9 Å². The number of hydrogen-bond acceptors (Lipinski definition) is 7. The second kappa shape index (κ2) is 16.7. The third-order valence-electron chi connectivity index (χ3n) is 8.95. The van der Waals surface area contributed by atoms with Crippen molar-refractivity contribution in [2.45, 2.75) is 69.7 Å². The summed E-state index contributed by atoms with van der Waals surface area (Å²) < 4.78 is 0. The number of aromatic nitrogens is 2. The molecule has 3 atom stereocenters. The highest BCUT2D eigenvalue weighted by Gasteiger charge is 2.34. The predicted molar refractivity (Wildman–Crippen MR) is 189 cm³/mol. The molecule has 1 aliphatic rings. The first-order valence-corrected chi connectivity index (χ1v) is 16.9. The molecule has 2 bridgehead atoms. The molecular formula is C36H45ClN8O3. The highest BCUT2D eigenvalue weighted by Crippen LogP contribution is 2.27. The highest BCUT2D eigenvalue weighted by molar-refractivity contribution is 6.30. The van der Waals surface area contributed by atoms with Crippen LogP contribution in [0.2, 0.25) is 5.02 Å². The maximum atomic E-state index is 14.3. The Morgan fingerprint density at radius 3 is 2.52 bits per heavy atom. The van der Waals surface area contributed by atoms with Gasteiger partial charge in [-0.1, -0.05) is 35.9 Å². The number of pyridine rings is 1. The largest absolute Gasteiger partial charge is 0.361 e. The maximum Gasteiger partial charge on any atom is 0.245 e. The molecule has 1 aliphatic heterocycles. The lowest BCUT2D eigenvalue weighted by atomic mass is 10.00. The lowest BCUT2D eigenvalue weighted by molar-refractivity contribution is -0.142. The molecule has 12 heteroatoms. The zero-order valence-corrected chi connectivity index (χ0v) is 28.1. The van der Waals surface area contributed by atoms with Gasteiger partial charge < -0.3 is 37.3 Å². The fourth-order valence-corrected chi connectivity index (χ4v) is 6.41. The van der Waals surface area contributed by atoms with Crippen LogP contribution in [0.25, 0.3) is 22.2 Å². The Balaban J connectivity index is 1.56. The van der Waals surface area contributed by atoms with Crippen LogP contribution in [0, 0.1) is 0 Å². The van der Waals surface area contributed by atoms with Gasteiger partial charge in [-0.2, -0.15) is 0 Å². The molecule has 0 aliphatic carbocycles. The van der Waals surface area contributed by atoms with E-state index >= 15 is 0 Å². The van der Waals surface area contributed by atoms with Crippen LogP contribution in [0.5, 0.6) is 0 Å². The van der Waals surface area contributed by atoms with Crippen molar-refractivity contribution >= 4 is 40.2 Å². The van der Waals surface area contributed by atoms with E-state index in [1.165, 1.54) is 4.90 Å². The number of likely N-dealkylation sites (N-methyl/N-ethyl adjacent to an activating group) is 1. The Bertz CT molecular complexity index is 1730. The summed E-state index contributed by atoms with van der Waals surface area (Å²) in [4.78, 5) is 51.6. The van der Waals surface area contributed by atoms with Gasteiger partial charge in [0, 0.05) is 60.4 Å². The molecule has 8 N–H and O–H groups in total. The van der Waals surface area contributed by atoms with Crippen molar-refractivity contribution in [1.82, 2.24) is 30.8 Å². The Labute approximate surface area is 286 Å². The highest BCUT2D eigenvalue weighted by atomic mass is 35.5. The van der Waals surface area contributed by atoms with E-state index in [0.717, 1.165) is 33.2 Å². The maximum absolute atomic E-state index is 14.3. The van der Waals surface area contributed by atoms with Gasteiger partial charge in [-0.3, -0.25) is 19.4 Å². The monoisotopic (exact) mass is 672 g/mol. The van der Waals surface area contributed by atoms with E-state index in [-0.39, 0.29) is 30.7 Å². The molecule has 0 saturated heterocycles. The molecule has 48 heavy (non-hydrogen) atoms. The first kappa shape index (κ1) is 35.0. The van der Waals surface area contributed by atoms with Crippen LogP contribution in [0.1, 0.15) is 48.8 Å². The van der Waals surface area contributed by atoms with Crippen LogP contribution < -0.4 is 27.4 Å². The van der Waals surface area contributed by atoms with E-state index in [9.17, 15) is 14.4 Å². The van der Waals surface area contributed by atoms with Crippen LogP contribution in [0.3, 0.4) is 0 Å². The SMILES string of the molecule is CN1C(=O)C(CCCCN)NC(=O)C(CCCN)NCc2ccnc(c2)-c2ccc(Cl)cc2CNC(=O)C1Cc1c[nH]c2ccccc12. The van der Waals surface area contributed by atoms with E-state index < -0.39 is 18.1 Å².